The first-order valence-electron chi connectivity index (χ1n) is 8.94. The quantitative estimate of drug-likeness (QED) is 0.576. The Morgan fingerprint density at radius 2 is 1.86 bits per heavy atom. The fourth-order valence-electron chi connectivity index (χ4n) is 2.66. The molecule has 0 unspecified atom stereocenters. The van der Waals surface area contributed by atoms with E-state index in [2.05, 4.69) is 10.1 Å². The van der Waals surface area contributed by atoms with Crippen LogP contribution < -0.4 is 4.90 Å². The normalized spacial score (nSPS) is 10.2. The molecule has 8 heteroatoms. The van der Waals surface area contributed by atoms with Crippen molar-refractivity contribution in [3.8, 4) is 11.8 Å². The number of rotatable bonds is 7. The summed E-state index contributed by atoms with van der Waals surface area (Å²) in [5.41, 5.74) is 2.78. The van der Waals surface area contributed by atoms with Crippen molar-refractivity contribution in [1.29, 1.82) is 5.26 Å². The van der Waals surface area contributed by atoms with Crippen LogP contribution in [0.1, 0.15) is 22.3 Å². The Balaban J connectivity index is 1.63. The number of esters is 1. The Morgan fingerprint density at radius 3 is 2.48 bits per heavy atom. The summed E-state index contributed by atoms with van der Waals surface area (Å²) in [5.74, 6) is -0.996. The lowest BCUT2D eigenvalue weighted by Gasteiger charge is -2.21. The zero-order chi connectivity index (χ0) is 20.6. The van der Waals surface area contributed by atoms with Gasteiger partial charge in [0.15, 0.2) is 6.61 Å². The van der Waals surface area contributed by atoms with Crippen molar-refractivity contribution in [3.63, 3.8) is 0 Å². The Bertz CT molecular complexity index is 1010. The van der Waals surface area contributed by atoms with E-state index in [0.29, 0.717) is 11.3 Å². The summed E-state index contributed by atoms with van der Waals surface area (Å²) in [6.45, 7) is 1.76. The Kier molecular flexibility index (Phi) is 6.32. The monoisotopic (exact) mass is 389 g/mol. The van der Waals surface area contributed by atoms with Gasteiger partial charge in [-0.3, -0.25) is 4.79 Å². The molecule has 0 atom stereocenters. The van der Waals surface area contributed by atoms with E-state index in [1.807, 2.05) is 25.1 Å². The van der Waals surface area contributed by atoms with Crippen molar-refractivity contribution < 1.29 is 14.3 Å². The van der Waals surface area contributed by atoms with Crippen LogP contribution in [0.4, 0.5) is 5.69 Å². The fourth-order valence-corrected chi connectivity index (χ4v) is 2.66. The average Bonchev–Trinajstić information content (AvgIpc) is 3.28. The van der Waals surface area contributed by atoms with Gasteiger partial charge in [-0.2, -0.15) is 10.4 Å². The van der Waals surface area contributed by atoms with Crippen molar-refractivity contribution in [2.45, 2.75) is 13.3 Å². The number of amides is 1. The summed E-state index contributed by atoms with van der Waals surface area (Å²) >= 11 is 0. The maximum atomic E-state index is 12.6. The van der Waals surface area contributed by atoms with E-state index in [9.17, 15) is 9.59 Å². The second kappa shape index (κ2) is 9.28. The third-order valence-corrected chi connectivity index (χ3v) is 4.21. The number of anilines is 1. The van der Waals surface area contributed by atoms with Crippen LogP contribution in [-0.4, -0.2) is 39.8 Å². The van der Waals surface area contributed by atoms with Crippen molar-refractivity contribution >= 4 is 17.6 Å². The number of aryl methyl sites for hydroxylation is 1. The van der Waals surface area contributed by atoms with Gasteiger partial charge in [0.2, 0.25) is 0 Å². The number of hydrogen-bond acceptors (Lipinski definition) is 6. The highest BCUT2D eigenvalue weighted by Gasteiger charge is 2.18. The van der Waals surface area contributed by atoms with E-state index in [1.165, 1.54) is 11.2 Å². The molecule has 0 saturated heterocycles. The maximum Gasteiger partial charge on any atom is 0.338 e. The molecule has 29 heavy (non-hydrogen) atoms. The minimum atomic E-state index is -0.604. The molecule has 8 nitrogen and oxygen atoms in total. The van der Waals surface area contributed by atoms with Crippen LogP contribution in [-0.2, 0) is 9.53 Å². The van der Waals surface area contributed by atoms with E-state index in [-0.39, 0.29) is 13.0 Å². The molecule has 0 N–H and O–H groups in total. The summed E-state index contributed by atoms with van der Waals surface area (Å²) < 4.78 is 6.74. The van der Waals surface area contributed by atoms with Crippen LogP contribution in [0.5, 0.6) is 0 Å². The van der Waals surface area contributed by atoms with Gasteiger partial charge in [-0.15, -0.1) is 0 Å². The summed E-state index contributed by atoms with van der Waals surface area (Å²) in [6, 6.07) is 16.0. The predicted octanol–water partition coefficient (Wildman–Crippen LogP) is 2.68. The molecule has 0 spiro atoms. The van der Waals surface area contributed by atoms with Gasteiger partial charge in [0.25, 0.3) is 5.91 Å². The molecule has 1 heterocycles. The Labute approximate surface area is 168 Å². The van der Waals surface area contributed by atoms with Gasteiger partial charge in [0.1, 0.15) is 12.7 Å². The van der Waals surface area contributed by atoms with E-state index in [4.69, 9.17) is 10.00 Å². The molecule has 0 bridgehead atoms. The highest BCUT2D eigenvalue weighted by atomic mass is 16.5. The van der Waals surface area contributed by atoms with Crippen LogP contribution in [0, 0.1) is 18.3 Å². The van der Waals surface area contributed by atoms with Crippen LogP contribution in [0.15, 0.2) is 61.2 Å². The topological polar surface area (TPSA) is 101 Å². The first-order chi connectivity index (χ1) is 14.1. The molecule has 0 radical (unpaired) electrons. The van der Waals surface area contributed by atoms with E-state index >= 15 is 0 Å². The summed E-state index contributed by atoms with van der Waals surface area (Å²) in [7, 11) is 0. The molecular formula is C21H19N5O3. The average molecular weight is 389 g/mol. The predicted molar refractivity (Wildman–Crippen MR) is 105 cm³/mol. The van der Waals surface area contributed by atoms with Crippen LogP contribution in [0.2, 0.25) is 0 Å². The van der Waals surface area contributed by atoms with E-state index in [0.717, 1.165) is 11.3 Å². The smallest absolute Gasteiger partial charge is 0.338 e. The van der Waals surface area contributed by atoms with Gasteiger partial charge in [-0.05, 0) is 43.3 Å². The van der Waals surface area contributed by atoms with Crippen molar-refractivity contribution in [2.24, 2.45) is 0 Å². The first kappa shape index (κ1) is 19.8. The second-order valence-electron chi connectivity index (χ2n) is 6.25. The van der Waals surface area contributed by atoms with E-state index < -0.39 is 18.5 Å². The third kappa shape index (κ3) is 5.05. The molecule has 3 rings (SSSR count). The Morgan fingerprint density at radius 1 is 1.14 bits per heavy atom. The van der Waals surface area contributed by atoms with E-state index in [1.54, 1.807) is 47.4 Å². The minimum Gasteiger partial charge on any atom is -0.452 e. The molecule has 0 aliphatic rings. The number of nitriles is 1. The van der Waals surface area contributed by atoms with Crippen LogP contribution in [0.3, 0.4) is 0 Å². The highest BCUT2D eigenvalue weighted by molar-refractivity contribution is 5.97. The maximum absolute atomic E-state index is 12.6. The van der Waals surface area contributed by atoms with Crippen molar-refractivity contribution in [3.05, 3.63) is 72.3 Å². The lowest BCUT2D eigenvalue weighted by Crippen LogP contribution is -2.35. The van der Waals surface area contributed by atoms with Crippen molar-refractivity contribution in [1.82, 2.24) is 14.8 Å². The number of carbonyl (C=O) groups excluding carboxylic acids is 2. The number of hydrogen-bond donors (Lipinski definition) is 0. The zero-order valence-electron chi connectivity index (χ0n) is 15.9. The number of ether oxygens (including phenoxy) is 1. The van der Waals surface area contributed by atoms with Gasteiger partial charge in [0.05, 0.1) is 23.7 Å². The van der Waals surface area contributed by atoms with Gasteiger partial charge in [0, 0.05) is 12.2 Å². The lowest BCUT2D eigenvalue weighted by atomic mass is 10.2. The van der Waals surface area contributed by atoms with Gasteiger partial charge >= 0.3 is 5.97 Å². The first-order valence-corrected chi connectivity index (χ1v) is 8.94. The minimum absolute atomic E-state index is 0.178. The van der Waals surface area contributed by atoms with Crippen LogP contribution in [0.25, 0.3) is 5.69 Å². The Hall–Kier alpha value is -3.99. The zero-order valence-corrected chi connectivity index (χ0v) is 15.9. The van der Waals surface area contributed by atoms with Crippen LogP contribution >= 0.6 is 0 Å². The van der Waals surface area contributed by atoms with Gasteiger partial charge < -0.3 is 9.64 Å². The standard InChI is InChI=1S/C21H19N5O3/c1-16-3-7-18(8-4-16)25(12-2-11-22)20(27)13-29-21(28)17-5-9-19(10-6-17)26-15-23-14-24-26/h3-10,14-15H,2,12-13H2,1H3. The molecule has 1 aromatic heterocycles. The molecule has 0 saturated carbocycles. The number of carbonyl (C=O) groups is 2. The fraction of sp³-hybridized carbons (Fsp3) is 0.190. The second-order valence-corrected chi connectivity index (χ2v) is 6.25. The van der Waals surface area contributed by atoms with Crippen molar-refractivity contribution in [2.75, 3.05) is 18.1 Å². The lowest BCUT2D eigenvalue weighted by molar-refractivity contribution is -0.121. The molecule has 2 aromatic carbocycles. The summed E-state index contributed by atoms with van der Waals surface area (Å²) in [4.78, 5) is 30.2. The molecule has 3 aromatic rings. The number of aromatic nitrogens is 3. The van der Waals surface area contributed by atoms with Gasteiger partial charge in [-0.25, -0.2) is 14.5 Å². The highest BCUT2D eigenvalue weighted by Crippen LogP contribution is 2.16. The third-order valence-electron chi connectivity index (χ3n) is 4.21. The molecule has 0 aliphatic carbocycles. The largest absolute Gasteiger partial charge is 0.452 e. The summed E-state index contributed by atoms with van der Waals surface area (Å²) in [6.07, 6.45) is 3.14. The molecule has 0 aliphatic heterocycles. The molecule has 0 fully saturated rings. The van der Waals surface area contributed by atoms with Gasteiger partial charge in [-0.1, -0.05) is 17.7 Å². The number of nitrogens with zero attached hydrogens (tertiary/aromatic N) is 5. The number of benzene rings is 2. The summed E-state index contributed by atoms with van der Waals surface area (Å²) in [5, 5.41) is 12.9. The molecular weight excluding hydrogens is 370 g/mol. The molecule has 1 amide bonds. The SMILES string of the molecule is Cc1ccc(N(CCC#N)C(=O)COC(=O)c2ccc(-n3cncn3)cc2)cc1. The molecule has 146 valence electrons.